The van der Waals surface area contributed by atoms with Crippen molar-refractivity contribution in [3.05, 3.63) is 23.8 Å². The van der Waals surface area contributed by atoms with E-state index >= 15 is 0 Å². The number of rotatable bonds is 11. The molecule has 0 aromatic heterocycles. The lowest BCUT2D eigenvalue weighted by molar-refractivity contribution is 0.0689. The van der Waals surface area contributed by atoms with Gasteiger partial charge in [0.15, 0.2) is 5.75 Å². The van der Waals surface area contributed by atoms with Crippen LogP contribution < -0.4 is 10.5 Å². The third-order valence-corrected chi connectivity index (χ3v) is 3.68. The number of hydrogen-bond donors (Lipinski definition) is 2. The lowest BCUT2D eigenvalue weighted by atomic mass is 10.1. The van der Waals surface area contributed by atoms with Crippen molar-refractivity contribution >= 4 is 17.8 Å². The minimum absolute atomic E-state index is 0.0823. The Morgan fingerprint density at radius 1 is 1.04 bits per heavy atom. The van der Waals surface area contributed by atoms with E-state index in [9.17, 15) is 9.59 Å². The standard InChI is InChI=1S/C18H27NO5/c1-2-3-4-5-6-7-8-9-13-23-18(22)24-16-14(17(20)21)11-10-12-15(16)19/h10-12H,2-9,13,19H2,1H3,(H,20,21). The van der Waals surface area contributed by atoms with Crippen molar-refractivity contribution < 1.29 is 24.2 Å². The summed E-state index contributed by atoms with van der Waals surface area (Å²) in [6.45, 7) is 2.45. The van der Waals surface area contributed by atoms with Crippen LogP contribution in [0.2, 0.25) is 0 Å². The van der Waals surface area contributed by atoms with Crippen LogP contribution in [0.25, 0.3) is 0 Å². The number of unbranched alkanes of at least 4 members (excludes halogenated alkanes) is 7. The van der Waals surface area contributed by atoms with Crippen molar-refractivity contribution in [2.24, 2.45) is 0 Å². The van der Waals surface area contributed by atoms with E-state index in [1.54, 1.807) is 0 Å². The highest BCUT2D eigenvalue weighted by molar-refractivity contribution is 5.94. The molecular formula is C18H27NO5. The van der Waals surface area contributed by atoms with Crippen LogP contribution in [0.1, 0.15) is 68.6 Å². The monoisotopic (exact) mass is 337 g/mol. The molecule has 134 valence electrons. The molecule has 0 heterocycles. The molecule has 0 atom stereocenters. The van der Waals surface area contributed by atoms with Gasteiger partial charge in [0.1, 0.15) is 5.56 Å². The number of carboxylic acid groups (broad SMARTS) is 1. The molecule has 0 spiro atoms. The molecule has 0 unspecified atom stereocenters. The van der Waals surface area contributed by atoms with Crippen molar-refractivity contribution in [1.82, 2.24) is 0 Å². The molecule has 1 aromatic rings. The van der Waals surface area contributed by atoms with Crippen LogP contribution in [-0.4, -0.2) is 23.8 Å². The van der Waals surface area contributed by atoms with Crippen molar-refractivity contribution in [1.29, 1.82) is 0 Å². The van der Waals surface area contributed by atoms with Gasteiger partial charge in [0.25, 0.3) is 0 Å². The highest BCUT2D eigenvalue weighted by Gasteiger charge is 2.17. The van der Waals surface area contributed by atoms with E-state index in [2.05, 4.69) is 6.92 Å². The van der Waals surface area contributed by atoms with Gasteiger partial charge in [-0.25, -0.2) is 9.59 Å². The smallest absolute Gasteiger partial charge is 0.478 e. The van der Waals surface area contributed by atoms with Gasteiger partial charge in [0, 0.05) is 0 Å². The number of carbonyl (C=O) groups excluding carboxylic acids is 1. The fourth-order valence-corrected chi connectivity index (χ4v) is 2.34. The molecular weight excluding hydrogens is 310 g/mol. The maximum Gasteiger partial charge on any atom is 0.513 e. The number of nitrogen functional groups attached to an aromatic ring is 1. The van der Waals surface area contributed by atoms with E-state index in [4.69, 9.17) is 20.3 Å². The van der Waals surface area contributed by atoms with E-state index < -0.39 is 12.1 Å². The molecule has 0 saturated carbocycles. The molecule has 1 rings (SSSR count). The molecule has 1 aromatic carbocycles. The maximum absolute atomic E-state index is 11.7. The Balaban J connectivity index is 2.25. The maximum atomic E-state index is 11.7. The van der Waals surface area contributed by atoms with Crippen molar-refractivity contribution in [3.8, 4) is 5.75 Å². The minimum atomic E-state index is -1.21. The lowest BCUT2D eigenvalue weighted by Crippen LogP contribution is -2.15. The molecule has 6 nitrogen and oxygen atoms in total. The average Bonchev–Trinajstić information content (AvgIpc) is 2.55. The molecule has 0 aliphatic heterocycles. The zero-order valence-corrected chi connectivity index (χ0v) is 14.3. The van der Waals surface area contributed by atoms with Gasteiger partial charge in [-0.2, -0.15) is 0 Å². The van der Waals surface area contributed by atoms with Crippen LogP contribution in [-0.2, 0) is 4.74 Å². The SMILES string of the molecule is CCCCCCCCCCOC(=O)Oc1c(N)cccc1C(=O)O. The quantitative estimate of drug-likeness (QED) is 0.264. The third-order valence-electron chi connectivity index (χ3n) is 3.68. The number of aromatic carboxylic acids is 1. The van der Waals surface area contributed by atoms with Gasteiger partial charge in [0.05, 0.1) is 12.3 Å². The summed E-state index contributed by atoms with van der Waals surface area (Å²) in [5, 5.41) is 9.07. The summed E-state index contributed by atoms with van der Waals surface area (Å²) in [6.07, 6.45) is 8.21. The summed E-state index contributed by atoms with van der Waals surface area (Å²) in [7, 11) is 0. The number of benzene rings is 1. The lowest BCUT2D eigenvalue weighted by Gasteiger charge is -2.10. The number of hydrogen-bond acceptors (Lipinski definition) is 5. The first-order valence-corrected chi connectivity index (χ1v) is 8.52. The van der Waals surface area contributed by atoms with Crippen LogP contribution in [0.4, 0.5) is 10.5 Å². The van der Waals surface area contributed by atoms with Gasteiger partial charge in [-0.3, -0.25) is 0 Å². The summed E-state index contributed by atoms with van der Waals surface area (Å²) < 4.78 is 9.91. The Morgan fingerprint density at radius 3 is 2.29 bits per heavy atom. The average molecular weight is 337 g/mol. The van der Waals surface area contributed by atoms with E-state index in [1.807, 2.05) is 0 Å². The molecule has 0 amide bonds. The van der Waals surface area contributed by atoms with Gasteiger partial charge < -0.3 is 20.3 Å². The topological polar surface area (TPSA) is 98.9 Å². The number of nitrogens with two attached hydrogens (primary N) is 1. The Bertz CT molecular complexity index is 530. The number of para-hydroxylation sites is 1. The van der Waals surface area contributed by atoms with Gasteiger partial charge in [-0.15, -0.1) is 0 Å². The number of anilines is 1. The second-order valence-electron chi connectivity index (χ2n) is 5.70. The first-order valence-electron chi connectivity index (χ1n) is 8.52. The first-order chi connectivity index (χ1) is 11.6. The highest BCUT2D eigenvalue weighted by Crippen LogP contribution is 2.26. The molecule has 0 radical (unpaired) electrons. The van der Waals surface area contributed by atoms with Gasteiger partial charge in [-0.05, 0) is 18.6 Å². The minimum Gasteiger partial charge on any atom is -0.478 e. The van der Waals surface area contributed by atoms with Crippen LogP contribution in [0, 0.1) is 0 Å². The summed E-state index contributed by atoms with van der Waals surface area (Å²) in [4.78, 5) is 22.7. The summed E-state index contributed by atoms with van der Waals surface area (Å²) in [6, 6.07) is 4.27. The Kier molecular flexibility index (Phi) is 9.34. The van der Waals surface area contributed by atoms with Crippen LogP contribution in [0.15, 0.2) is 18.2 Å². The van der Waals surface area contributed by atoms with Gasteiger partial charge in [-0.1, -0.05) is 57.9 Å². The van der Waals surface area contributed by atoms with Crippen LogP contribution in [0.5, 0.6) is 5.75 Å². The molecule has 6 heteroatoms. The van der Waals surface area contributed by atoms with Crippen molar-refractivity contribution in [2.45, 2.75) is 58.3 Å². The van der Waals surface area contributed by atoms with E-state index in [1.165, 1.54) is 50.3 Å². The normalized spacial score (nSPS) is 10.4. The van der Waals surface area contributed by atoms with Crippen molar-refractivity contribution in [3.63, 3.8) is 0 Å². The van der Waals surface area contributed by atoms with E-state index in [0.29, 0.717) is 0 Å². The van der Waals surface area contributed by atoms with E-state index in [0.717, 1.165) is 19.3 Å². The Hall–Kier alpha value is -2.24. The second kappa shape index (κ2) is 11.3. The zero-order valence-electron chi connectivity index (χ0n) is 14.3. The van der Waals surface area contributed by atoms with Gasteiger partial charge in [0.2, 0.25) is 0 Å². The number of carbonyl (C=O) groups is 2. The first kappa shape index (κ1) is 19.8. The van der Waals surface area contributed by atoms with Crippen LogP contribution in [0.3, 0.4) is 0 Å². The predicted octanol–water partition coefficient (Wildman–Crippen LogP) is 4.62. The number of carboxylic acids is 1. The van der Waals surface area contributed by atoms with Gasteiger partial charge >= 0.3 is 12.1 Å². The molecule has 0 aliphatic carbocycles. The second-order valence-corrected chi connectivity index (χ2v) is 5.70. The largest absolute Gasteiger partial charge is 0.513 e. The summed E-state index contributed by atoms with van der Waals surface area (Å²) >= 11 is 0. The fourth-order valence-electron chi connectivity index (χ4n) is 2.34. The predicted molar refractivity (Wildman–Crippen MR) is 92.4 cm³/mol. The highest BCUT2D eigenvalue weighted by atomic mass is 16.7. The summed E-state index contributed by atoms with van der Waals surface area (Å²) in [5.74, 6) is -1.39. The Labute approximate surface area is 142 Å². The third kappa shape index (κ3) is 7.35. The van der Waals surface area contributed by atoms with Crippen molar-refractivity contribution in [2.75, 3.05) is 12.3 Å². The molecule has 0 aliphatic rings. The van der Waals surface area contributed by atoms with E-state index in [-0.39, 0.29) is 23.6 Å². The molecule has 0 saturated heterocycles. The summed E-state index contributed by atoms with van der Waals surface area (Å²) in [5.41, 5.74) is 5.57. The Morgan fingerprint density at radius 2 is 1.67 bits per heavy atom. The number of ether oxygens (including phenoxy) is 2. The molecule has 24 heavy (non-hydrogen) atoms. The zero-order chi connectivity index (χ0) is 17.8. The fraction of sp³-hybridized carbons (Fsp3) is 0.556. The molecule has 0 fully saturated rings. The molecule has 3 N–H and O–H groups in total. The molecule has 0 bridgehead atoms. The van der Waals surface area contributed by atoms with Crippen LogP contribution >= 0.6 is 0 Å².